The van der Waals surface area contributed by atoms with Gasteiger partial charge in [-0.1, -0.05) is 13.8 Å². The zero-order valence-corrected chi connectivity index (χ0v) is 10.6. The maximum Gasteiger partial charge on any atom is 0.320 e. The van der Waals surface area contributed by atoms with E-state index in [0.717, 1.165) is 17.8 Å². The standard InChI is InChI=1S/C12H18N2OS/c1-12(2)6-5-9(8-12)13-11(15)14-10-4-3-7-16-10/h3-4,7,9H,5-6,8H2,1-2H3,(H2,13,14,15). The summed E-state index contributed by atoms with van der Waals surface area (Å²) >= 11 is 1.54. The second-order valence-electron chi connectivity index (χ2n) is 5.18. The van der Waals surface area contributed by atoms with Crippen LogP contribution in [0.25, 0.3) is 0 Å². The predicted octanol–water partition coefficient (Wildman–Crippen LogP) is 3.45. The highest BCUT2D eigenvalue weighted by molar-refractivity contribution is 7.14. The Kier molecular flexibility index (Phi) is 3.19. The van der Waals surface area contributed by atoms with Gasteiger partial charge < -0.3 is 5.32 Å². The van der Waals surface area contributed by atoms with Crippen molar-refractivity contribution < 1.29 is 4.79 Å². The molecule has 2 N–H and O–H groups in total. The summed E-state index contributed by atoms with van der Waals surface area (Å²) in [6.07, 6.45) is 3.35. The van der Waals surface area contributed by atoms with Gasteiger partial charge >= 0.3 is 6.03 Å². The molecule has 1 heterocycles. The van der Waals surface area contributed by atoms with Crippen molar-refractivity contribution in [2.24, 2.45) is 5.41 Å². The van der Waals surface area contributed by atoms with Gasteiger partial charge in [0, 0.05) is 6.04 Å². The Balaban J connectivity index is 1.80. The molecule has 88 valence electrons. The lowest BCUT2D eigenvalue weighted by Crippen LogP contribution is -2.36. The van der Waals surface area contributed by atoms with E-state index in [1.54, 1.807) is 0 Å². The third-order valence-electron chi connectivity index (χ3n) is 3.06. The van der Waals surface area contributed by atoms with Crippen LogP contribution in [0.3, 0.4) is 0 Å². The minimum absolute atomic E-state index is 0.0786. The van der Waals surface area contributed by atoms with Gasteiger partial charge in [0.25, 0.3) is 0 Å². The summed E-state index contributed by atoms with van der Waals surface area (Å²) in [7, 11) is 0. The monoisotopic (exact) mass is 238 g/mol. The van der Waals surface area contributed by atoms with Crippen molar-refractivity contribution >= 4 is 22.4 Å². The Bertz CT molecular complexity index is 359. The second-order valence-corrected chi connectivity index (χ2v) is 6.13. The number of hydrogen-bond acceptors (Lipinski definition) is 2. The van der Waals surface area contributed by atoms with Gasteiger partial charge in [-0.3, -0.25) is 5.32 Å². The Morgan fingerprint density at radius 2 is 2.38 bits per heavy atom. The molecule has 1 unspecified atom stereocenters. The Morgan fingerprint density at radius 1 is 1.56 bits per heavy atom. The Morgan fingerprint density at radius 3 is 2.94 bits per heavy atom. The van der Waals surface area contributed by atoms with Crippen molar-refractivity contribution in [3.05, 3.63) is 17.5 Å². The molecular weight excluding hydrogens is 220 g/mol. The van der Waals surface area contributed by atoms with Crippen molar-refractivity contribution in [1.29, 1.82) is 0 Å². The molecule has 0 bridgehead atoms. The molecule has 1 atom stereocenters. The zero-order chi connectivity index (χ0) is 11.6. The number of carbonyl (C=O) groups is 1. The fraction of sp³-hybridized carbons (Fsp3) is 0.583. The summed E-state index contributed by atoms with van der Waals surface area (Å²) in [4.78, 5) is 11.7. The van der Waals surface area contributed by atoms with Crippen LogP contribution in [-0.4, -0.2) is 12.1 Å². The van der Waals surface area contributed by atoms with E-state index in [1.165, 1.54) is 17.8 Å². The zero-order valence-electron chi connectivity index (χ0n) is 9.75. The van der Waals surface area contributed by atoms with Gasteiger partial charge in [0.15, 0.2) is 0 Å². The van der Waals surface area contributed by atoms with Crippen LogP contribution in [0.5, 0.6) is 0 Å². The predicted molar refractivity (Wildman–Crippen MR) is 67.9 cm³/mol. The first-order chi connectivity index (χ1) is 7.55. The fourth-order valence-corrected chi connectivity index (χ4v) is 2.85. The summed E-state index contributed by atoms with van der Waals surface area (Å²) in [6, 6.07) is 4.09. The average Bonchev–Trinajstić information content (AvgIpc) is 2.76. The van der Waals surface area contributed by atoms with Crippen molar-refractivity contribution in [3.8, 4) is 0 Å². The van der Waals surface area contributed by atoms with Gasteiger partial charge in [0.2, 0.25) is 0 Å². The maximum absolute atomic E-state index is 11.7. The number of anilines is 1. The molecule has 3 nitrogen and oxygen atoms in total. The molecule has 0 aromatic carbocycles. The molecule has 0 spiro atoms. The van der Waals surface area contributed by atoms with Crippen molar-refractivity contribution in [2.75, 3.05) is 5.32 Å². The molecule has 0 saturated heterocycles. The summed E-state index contributed by atoms with van der Waals surface area (Å²) in [5.41, 5.74) is 0.376. The smallest absolute Gasteiger partial charge is 0.320 e. The van der Waals surface area contributed by atoms with Crippen LogP contribution in [0.4, 0.5) is 9.80 Å². The molecule has 1 aliphatic carbocycles. The minimum atomic E-state index is -0.0786. The van der Waals surface area contributed by atoms with Crippen LogP contribution in [0.15, 0.2) is 17.5 Å². The summed E-state index contributed by atoms with van der Waals surface area (Å²) in [5.74, 6) is 0. The molecule has 1 aromatic rings. The van der Waals surface area contributed by atoms with E-state index in [0.29, 0.717) is 11.5 Å². The van der Waals surface area contributed by atoms with Gasteiger partial charge in [-0.15, -0.1) is 11.3 Å². The molecule has 16 heavy (non-hydrogen) atoms. The lowest BCUT2D eigenvalue weighted by Gasteiger charge is -2.17. The topological polar surface area (TPSA) is 41.1 Å². The van der Waals surface area contributed by atoms with E-state index in [1.807, 2.05) is 17.5 Å². The molecule has 1 saturated carbocycles. The number of thiophene rings is 1. The molecule has 1 aliphatic rings. The van der Waals surface area contributed by atoms with Crippen LogP contribution >= 0.6 is 11.3 Å². The van der Waals surface area contributed by atoms with E-state index in [2.05, 4.69) is 24.5 Å². The molecule has 4 heteroatoms. The molecule has 1 aromatic heterocycles. The Labute approximate surface area is 100 Å². The van der Waals surface area contributed by atoms with Crippen LogP contribution in [-0.2, 0) is 0 Å². The largest absolute Gasteiger partial charge is 0.335 e. The minimum Gasteiger partial charge on any atom is -0.335 e. The van der Waals surface area contributed by atoms with Crippen LogP contribution in [0.2, 0.25) is 0 Å². The highest BCUT2D eigenvalue weighted by Crippen LogP contribution is 2.36. The number of nitrogens with one attached hydrogen (secondary N) is 2. The van der Waals surface area contributed by atoms with Crippen LogP contribution < -0.4 is 10.6 Å². The first-order valence-electron chi connectivity index (χ1n) is 5.66. The fourth-order valence-electron chi connectivity index (χ4n) is 2.24. The van der Waals surface area contributed by atoms with E-state index < -0.39 is 0 Å². The lowest BCUT2D eigenvalue weighted by atomic mass is 9.92. The maximum atomic E-state index is 11.7. The SMILES string of the molecule is CC1(C)CCC(NC(=O)Nc2cccs2)C1. The number of urea groups is 1. The number of rotatable bonds is 2. The quantitative estimate of drug-likeness (QED) is 0.814. The van der Waals surface area contributed by atoms with Gasteiger partial charge in [0.05, 0.1) is 5.00 Å². The van der Waals surface area contributed by atoms with E-state index in [9.17, 15) is 4.79 Å². The summed E-state index contributed by atoms with van der Waals surface area (Å²) < 4.78 is 0. The van der Waals surface area contributed by atoms with Gasteiger partial charge in [0.1, 0.15) is 0 Å². The summed E-state index contributed by atoms with van der Waals surface area (Å²) in [6.45, 7) is 4.51. The number of hydrogen-bond donors (Lipinski definition) is 2. The normalized spacial score (nSPS) is 23.0. The Hall–Kier alpha value is -1.03. The van der Waals surface area contributed by atoms with Crippen molar-refractivity contribution in [1.82, 2.24) is 5.32 Å². The molecule has 1 fully saturated rings. The van der Waals surface area contributed by atoms with Crippen LogP contribution in [0.1, 0.15) is 33.1 Å². The average molecular weight is 238 g/mol. The molecule has 2 rings (SSSR count). The van der Waals surface area contributed by atoms with Crippen LogP contribution in [0, 0.1) is 5.41 Å². The van der Waals surface area contributed by atoms with Crippen molar-refractivity contribution in [2.45, 2.75) is 39.2 Å². The molecular formula is C12H18N2OS. The first-order valence-corrected chi connectivity index (χ1v) is 6.54. The van der Waals surface area contributed by atoms with Gasteiger partial charge in [-0.05, 0) is 42.2 Å². The third-order valence-corrected chi connectivity index (χ3v) is 3.85. The molecule has 0 aliphatic heterocycles. The summed E-state index contributed by atoms with van der Waals surface area (Å²) in [5, 5.41) is 8.72. The van der Waals surface area contributed by atoms with E-state index in [4.69, 9.17) is 0 Å². The second kappa shape index (κ2) is 4.45. The number of carbonyl (C=O) groups excluding carboxylic acids is 1. The lowest BCUT2D eigenvalue weighted by molar-refractivity contribution is 0.247. The molecule has 2 amide bonds. The van der Waals surface area contributed by atoms with Crippen molar-refractivity contribution in [3.63, 3.8) is 0 Å². The van der Waals surface area contributed by atoms with Gasteiger partial charge in [-0.25, -0.2) is 4.79 Å². The number of amides is 2. The van der Waals surface area contributed by atoms with E-state index >= 15 is 0 Å². The molecule has 0 radical (unpaired) electrons. The third kappa shape index (κ3) is 2.98. The first kappa shape index (κ1) is 11.5. The highest BCUT2D eigenvalue weighted by Gasteiger charge is 2.31. The van der Waals surface area contributed by atoms with E-state index in [-0.39, 0.29) is 6.03 Å². The highest BCUT2D eigenvalue weighted by atomic mass is 32.1. The van der Waals surface area contributed by atoms with Gasteiger partial charge in [-0.2, -0.15) is 0 Å².